The zero-order valence-electron chi connectivity index (χ0n) is 20.1. The van der Waals surface area contributed by atoms with Gasteiger partial charge in [-0.1, -0.05) is 65.4 Å². The predicted octanol–water partition coefficient (Wildman–Crippen LogP) is 7.04. The van der Waals surface area contributed by atoms with Crippen molar-refractivity contribution in [2.24, 2.45) is 0 Å². The number of nitrogens with zero attached hydrogens (tertiary/aromatic N) is 1. The third-order valence-corrected chi connectivity index (χ3v) is 7.71. The van der Waals surface area contributed by atoms with E-state index in [0.29, 0.717) is 47.7 Å². The number of ether oxygens (including phenoxy) is 2. The number of amides is 2. The Morgan fingerprint density at radius 1 is 1.08 bits per heavy atom. The average molecular weight is 574 g/mol. The molecule has 0 saturated carbocycles. The molecule has 0 aliphatic carbocycles. The molecule has 1 fully saturated rings. The van der Waals surface area contributed by atoms with Crippen LogP contribution in [-0.2, 0) is 9.59 Å². The van der Waals surface area contributed by atoms with E-state index in [-0.39, 0.29) is 18.4 Å². The molecule has 37 heavy (non-hydrogen) atoms. The van der Waals surface area contributed by atoms with Crippen molar-refractivity contribution in [2.75, 3.05) is 23.9 Å². The zero-order valence-corrected chi connectivity index (χ0v) is 23.3. The average Bonchev–Trinajstić information content (AvgIpc) is 3.15. The van der Waals surface area contributed by atoms with Crippen LogP contribution in [0.25, 0.3) is 6.08 Å². The van der Waals surface area contributed by atoms with E-state index >= 15 is 0 Å². The quantitative estimate of drug-likeness (QED) is 0.242. The van der Waals surface area contributed by atoms with Crippen LogP contribution in [0.3, 0.4) is 0 Å². The van der Waals surface area contributed by atoms with E-state index in [1.54, 1.807) is 48.5 Å². The lowest BCUT2D eigenvalue weighted by Gasteiger charge is -2.15. The first-order chi connectivity index (χ1) is 17.7. The maximum absolute atomic E-state index is 13.1. The maximum Gasteiger partial charge on any atom is 0.270 e. The summed E-state index contributed by atoms with van der Waals surface area (Å²) >= 11 is 19.0. The van der Waals surface area contributed by atoms with Crippen LogP contribution in [0.2, 0.25) is 10.0 Å². The molecule has 1 aliphatic rings. The first kappa shape index (κ1) is 27.0. The maximum atomic E-state index is 13.1. The Kier molecular flexibility index (Phi) is 8.44. The molecule has 0 bridgehead atoms. The summed E-state index contributed by atoms with van der Waals surface area (Å²) in [5.74, 6) is 0.235. The first-order valence-corrected chi connectivity index (χ1v) is 13.1. The number of halogens is 2. The van der Waals surface area contributed by atoms with Crippen molar-refractivity contribution in [3.8, 4) is 11.5 Å². The van der Waals surface area contributed by atoms with Crippen LogP contribution in [0, 0.1) is 13.8 Å². The number of carbonyl (C=O) groups excluding carboxylic acids is 2. The van der Waals surface area contributed by atoms with E-state index in [1.165, 1.54) is 23.8 Å². The standard InChI is InChI=1S/C27H22Cl2N2O4S2/c1-15-7-9-18(13-20(15)29)31-26(33)24(37-27(31)36)12-17-8-10-22(23(11-17)34-3)35-14-25(32)30-21-6-4-5-19(28)16(21)2/h4-13H,14H2,1-3H3,(H,30,32)/b24-12-. The molecular formula is C27H22Cl2N2O4S2. The smallest absolute Gasteiger partial charge is 0.270 e. The Bertz CT molecular complexity index is 1440. The van der Waals surface area contributed by atoms with Gasteiger partial charge >= 0.3 is 0 Å². The Labute approximate surface area is 234 Å². The number of hydrogen-bond acceptors (Lipinski definition) is 6. The minimum absolute atomic E-state index is 0.223. The Hall–Kier alpha value is -3.04. The molecule has 1 aliphatic heterocycles. The molecule has 0 spiro atoms. The highest BCUT2D eigenvalue weighted by Gasteiger charge is 2.33. The fraction of sp³-hybridized carbons (Fsp3) is 0.148. The van der Waals surface area contributed by atoms with Crippen molar-refractivity contribution in [1.82, 2.24) is 0 Å². The molecule has 1 heterocycles. The summed E-state index contributed by atoms with van der Waals surface area (Å²) in [6.07, 6.45) is 1.73. The van der Waals surface area contributed by atoms with E-state index in [0.717, 1.165) is 11.1 Å². The number of benzene rings is 3. The molecule has 2 amide bonds. The van der Waals surface area contributed by atoms with Gasteiger partial charge in [-0.05, 0) is 73.0 Å². The van der Waals surface area contributed by atoms with Crippen LogP contribution in [0.1, 0.15) is 16.7 Å². The normalized spacial score (nSPS) is 14.3. The van der Waals surface area contributed by atoms with Crippen LogP contribution < -0.4 is 19.7 Å². The van der Waals surface area contributed by atoms with Gasteiger partial charge in [0.05, 0.1) is 17.7 Å². The number of thioether (sulfide) groups is 1. The summed E-state index contributed by atoms with van der Waals surface area (Å²) in [5, 5.41) is 3.92. The molecule has 3 aromatic rings. The molecule has 10 heteroatoms. The largest absolute Gasteiger partial charge is 0.493 e. The molecule has 3 aromatic carbocycles. The van der Waals surface area contributed by atoms with Gasteiger partial charge in [0.25, 0.3) is 11.8 Å². The topological polar surface area (TPSA) is 67.9 Å². The Morgan fingerprint density at radius 2 is 1.86 bits per heavy atom. The molecule has 0 atom stereocenters. The second kappa shape index (κ2) is 11.6. The first-order valence-electron chi connectivity index (χ1n) is 11.1. The second-order valence-corrected chi connectivity index (χ2v) is 10.6. The molecule has 0 aromatic heterocycles. The highest BCUT2D eigenvalue weighted by Crippen LogP contribution is 2.38. The van der Waals surface area contributed by atoms with Gasteiger partial charge < -0.3 is 14.8 Å². The second-order valence-electron chi connectivity index (χ2n) is 8.11. The third-order valence-electron chi connectivity index (χ3n) is 5.59. The summed E-state index contributed by atoms with van der Waals surface area (Å²) in [4.78, 5) is 27.4. The van der Waals surface area contributed by atoms with Crippen LogP contribution >= 0.6 is 47.2 Å². The van der Waals surface area contributed by atoms with Gasteiger partial charge in [-0.3, -0.25) is 14.5 Å². The third kappa shape index (κ3) is 6.10. The van der Waals surface area contributed by atoms with E-state index in [1.807, 2.05) is 26.0 Å². The molecule has 0 radical (unpaired) electrons. The number of rotatable bonds is 7. The predicted molar refractivity (Wildman–Crippen MR) is 155 cm³/mol. The highest BCUT2D eigenvalue weighted by atomic mass is 35.5. The van der Waals surface area contributed by atoms with Gasteiger partial charge in [-0.2, -0.15) is 0 Å². The highest BCUT2D eigenvalue weighted by molar-refractivity contribution is 8.27. The van der Waals surface area contributed by atoms with Gasteiger partial charge in [0, 0.05) is 15.7 Å². The van der Waals surface area contributed by atoms with Gasteiger partial charge in [0.1, 0.15) is 0 Å². The van der Waals surface area contributed by atoms with Crippen molar-refractivity contribution in [3.05, 3.63) is 86.2 Å². The number of hydrogen-bond donors (Lipinski definition) is 1. The summed E-state index contributed by atoms with van der Waals surface area (Å²) in [6, 6.07) is 15.9. The molecular weight excluding hydrogens is 551 g/mol. The lowest BCUT2D eigenvalue weighted by molar-refractivity contribution is -0.118. The number of anilines is 2. The number of thiocarbonyl (C=S) groups is 1. The van der Waals surface area contributed by atoms with Crippen molar-refractivity contribution < 1.29 is 19.1 Å². The summed E-state index contributed by atoms with van der Waals surface area (Å²) in [6.45, 7) is 3.49. The van der Waals surface area contributed by atoms with Crippen molar-refractivity contribution >= 4 is 80.8 Å². The van der Waals surface area contributed by atoms with Crippen molar-refractivity contribution in [2.45, 2.75) is 13.8 Å². The lowest BCUT2D eigenvalue weighted by atomic mass is 10.1. The minimum Gasteiger partial charge on any atom is -0.493 e. The van der Waals surface area contributed by atoms with Gasteiger partial charge in [0.2, 0.25) is 0 Å². The molecule has 1 N–H and O–H groups in total. The molecule has 190 valence electrons. The van der Waals surface area contributed by atoms with E-state index < -0.39 is 0 Å². The molecule has 0 unspecified atom stereocenters. The van der Waals surface area contributed by atoms with E-state index in [2.05, 4.69) is 5.32 Å². The fourth-order valence-corrected chi connectivity index (χ4v) is 5.18. The molecule has 6 nitrogen and oxygen atoms in total. The number of carbonyl (C=O) groups is 2. The van der Waals surface area contributed by atoms with Crippen LogP contribution in [0.4, 0.5) is 11.4 Å². The summed E-state index contributed by atoms with van der Waals surface area (Å²) in [5.41, 5.74) is 3.64. The van der Waals surface area contributed by atoms with Crippen LogP contribution in [0.5, 0.6) is 11.5 Å². The molecule has 4 rings (SSSR count). The van der Waals surface area contributed by atoms with Crippen LogP contribution in [0.15, 0.2) is 59.5 Å². The van der Waals surface area contributed by atoms with Gasteiger partial charge in [-0.25, -0.2) is 0 Å². The lowest BCUT2D eigenvalue weighted by Crippen LogP contribution is -2.27. The monoisotopic (exact) mass is 572 g/mol. The number of aryl methyl sites for hydroxylation is 1. The van der Waals surface area contributed by atoms with Gasteiger partial charge in [-0.15, -0.1) is 0 Å². The van der Waals surface area contributed by atoms with Crippen molar-refractivity contribution in [3.63, 3.8) is 0 Å². The fourth-order valence-electron chi connectivity index (χ4n) is 3.53. The Morgan fingerprint density at radius 3 is 2.59 bits per heavy atom. The number of nitrogens with one attached hydrogen (secondary N) is 1. The summed E-state index contributed by atoms with van der Waals surface area (Å²) < 4.78 is 11.6. The van der Waals surface area contributed by atoms with E-state index in [4.69, 9.17) is 44.9 Å². The van der Waals surface area contributed by atoms with Crippen LogP contribution in [-0.4, -0.2) is 29.9 Å². The van der Waals surface area contributed by atoms with Gasteiger partial charge in [0.15, 0.2) is 22.4 Å². The minimum atomic E-state index is -0.337. The molecule has 1 saturated heterocycles. The van der Waals surface area contributed by atoms with Crippen molar-refractivity contribution in [1.29, 1.82) is 0 Å². The number of methoxy groups -OCH3 is 1. The zero-order chi connectivity index (χ0) is 26.7. The SMILES string of the molecule is COc1cc(/C=C2\SC(=S)N(c3ccc(C)c(Cl)c3)C2=O)ccc1OCC(=O)Nc1cccc(Cl)c1C. The Balaban J connectivity index is 1.46. The summed E-state index contributed by atoms with van der Waals surface area (Å²) in [7, 11) is 1.50. The van der Waals surface area contributed by atoms with E-state index in [9.17, 15) is 9.59 Å².